The first kappa shape index (κ1) is 18.2. The molecule has 4 rings (SSSR count). The van der Waals surface area contributed by atoms with Crippen molar-refractivity contribution in [3.63, 3.8) is 0 Å². The third-order valence-electron chi connectivity index (χ3n) is 4.86. The summed E-state index contributed by atoms with van der Waals surface area (Å²) in [6.45, 7) is 3.48. The highest BCUT2D eigenvalue weighted by atomic mass is 16.7. The lowest BCUT2D eigenvalue weighted by Crippen LogP contribution is -2.32. The molecule has 0 bridgehead atoms. The summed E-state index contributed by atoms with van der Waals surface area (Å²) in [5.41, 5.74) is 1.70. The number of rotatable bonds is 6. The second kappa shape index (κ2) is 7.80. The fourth-order valence-corrected chi connectivity index (χ4v) is 3.41. The summed E-state index contributed by atoms with van der Waals surface area (Å²) in [7, 11) is 0. The molecule has 0 aliphatic carbocycles. The summed E-state index contributed by atoms with van der Waals surface area (Å²) in [6, 6.07) is 12.9. The predicted molar refractivity (Wildman–Crippen MR) is 102 cm³/mol. The average Bonchev–Trinajstić information content (AvgIpc) is 3.33. The minimum Gasteiger partial charge on any atom is -0.494 e. The van der Waals surface area contributed by atoms with Crippen LogP contribution in [0.15, 0.2) is 42.5 Å². The van der Waals surface area contributed by atoms with Gasteiger partial charge in [0.15, 0.2) is 11.5 Å². The van der Waals surface area contributed by atoms with Gasteiger partial charge >= 0.3 is 0 Å². The number of amides is 2. The molecule has 7 heteroatoms. The molecule has 0 saturated carbocycles. The zero-order chi connectivity index (χ0) is 19.5. The Morgan fingerprint density at radius 1 is 1.18 bits per heavy atom. The molecule has 1 N–H and O–H groups in total. The van der Waals surface area contributed by atoms with Gasteiger partial charge in [-0.15, -0.1) is 0 Å². The van der Waals surface area contributed by atoms with Gasteiger partial charge in [0.05, 0.1) is 12.5 Å². The van der Waals surface area contributed by atoms with Crippen LogP contribution in [-0.4, -0.2) is 31.8 Å². The number of hydrogen-bond donors (Lipinski definition) is 1. The molecule has 1 atom stereocenters. The zero-order valence-corrected chi connectivity index (χ0v) is 15.6. The molecule has 0 radical (unpaired) electrons. The number of nitrogens with zero attached hydrogens (tertiary/aromatic N) is 1. The molecule has 0 aromatic heterocycles. The van der Waals surface area contributed by atoms with Crippen molar-refractivity contribution in [1.29, 1.82) is 0 Å². The van der Waals surface area contributed by atoms with E-state index in [2.05, 4.69) is 5.32 Å². The maximum atomic E-state index is 12.5. The summed E-state index contributed by atoms with van der Waals surface area (Å²) in [4.78, 5) is 26.6. The fourth-order valence-electron chi connectivity index (χ4n) is 3.41. The molecule has 0 unspecified atom stereocenters. The number of anilines is 1. The van der Waals surface area contributed by atoms with Crippen LogP contribution >= 0.6 is 0 Å². The molecule has 28 heavy (non-hydrogen) atoms. The van der Waals surface area contributed by atoms with Crippen molar-refractivity contribution in [2.45, 2.75) is 19.9 Å². The van der Waals surface area contributed by atoms with Crippen molar-refractivity contribution < 1.29 is 23.8 Å². The van der Waals surface area contributed by atoms with Crippen LogP contribution in [-0.2, 0) is 16.1 Å². The third-order valence-corrected chi connectivity index (χ3v) is 4.86. The van der Waals surface area contributed by atoms with Gasteiger partial charge in [-0.3, -0.25) is 9.59 Å². The van der Waals surface area contributed by atoms with Crippen molar-refractivity contribution in [1.82, 2.24) is 5.32 Å². The Bertz CT molecular complexity index is 881. The standard InChI is InChI=1S/C21H22N2O5/c1-2-26-17-6-4-16(5-7-17)23-12-15(10-20(23)24)21(25)22-11-14-3-8-18-19(9-14)28-13-27-18/h3-9,15H,2,10-13H2,1H3,(H,22,25)/t15-/m1/s1. The van der Waals surface area contributed by atoms with E-state index < -0.39 is 0 Å². The van der Waals surface area contributed by atoms with Crippen molar-refractivity contribution in [2.24, 2.45) is 5.92 Å². The number of nitrogens with one attached hydrogen (secondary N) is 1. The Morgan fingerprint density at radius 2 is 1.96 bits per heavy atom. The molecule has 2 heterocycles. The summed E-state index contributed by atoms with van der Waals surface area (Å²) in [5.74, 6) is 1.61. The van der Waals surface area contributed by atoms with Gasteiger partial charge in [0, 0.05) is 25.2 Å². The highest BCUT2D eigenvalue weighted by Gasteiger charge is 2.35. The van der Waals surface area contributed by atoms with Crippen LogP contribution < -0.4 is 24.4 Å². The summed E-state index contributed by atoms with van der Waals surface area (Å²) in [6.07, 6.45) is 0.209. The molecular formula is C21H22N2O5. The Labute approximate surface area is 163 Å². The highest BCUT2D eigenvalue weighted by Crippen LogP contribution is 2.32. The first-order valence-corrected chi connectivity index (χ1v) is 9.33. The lowest BCUT2D eigenvalue weighted by atomic mass is 10.1. The Morgan fingerprint density at radius 3 is 2.75 bits per heavy atom. The van der Waals surface area contributed by atoms with Crippen LogP contribution in [0.2, 0.25) is 0 Å². The largest absolute Gasteiger partial charge is 0.494 e. The van der Waals surface area contributed by atoms with Gasteiger partial charge in [-0.05, 0) is 48.9 Å². The summed E-state index contributed by atoms with van der Waals surface area (Å²) >= 11 is 0. The van der Waals surface area contributed by atoms with Crippen molar-refractivity contribution >= 4 is 17.5 Å². The molecule has 2 aliphatic heterocycles. The van der Waals surface area contributed by atoms with Gasteiger partial charge in [0.25, 0.3) is 0 Å². The lowest BCUT2D eigenvalue weighted by Gasteiger charge is -2.17. The number of fused-ring (bicyclic) bond motifs is 1. The van der Waals surface area contributed by atoms with Crippen LogP contribution in [0.25, 0.3) is 0 Å². The molecule has 0 spiro atoms. The van der Waals surface area contributed by atoms with Gasteiger partial charge in [-0.1, -0.05) is 6.07 Å². The Balaban J connectivity index is 1.34. The second-order valence-corrected chi connectivity index (χ2v) is 6.74. The van der Waals surface area contributed by atoms with Gasteiger partial charge in [0.1, 0.15) is 5.75 Å². The molecule has 146 valence electrons. The fraction of sp³-hybridized carbons (Fsp3) is 0.333. The monoisotopic (exact) mass is 382 g/mol. The number of carbonyl (C=O) groups is 2. The first-order valence-electron chi connectivity index (χ1n) is 9.33. The van der Waals surface area contributed by atoms with Gasteiger partial charge < -0.3 is 24.4 Å². The lowest BCUT2D eigenvalue weighted by molar-refractivity contribution is -0.126. The van der Waals surface area contributed by atoms with Crippen LogP contribution in [0.5, 0.6) is 17.2 Å². The first-order chi connectivity index (χ1) is 13.6. The van der Waals surface area contributed by atoms with E-state index in [0.717, 1.165) is 17.0 Å². The zero-order valence-electron chi connectivity index (χ0n) is 15.6. The van der Waals surface area contributed by atoms with E-state index in [9.17, 15) is 9.59 Å². The van der Waals surface area contributed by atoms with Crippen LogP contribution in [0.4, 0.5) is 5.69 Å². The molecule has 1 fully saturated rings. The summed E-state index contributed by atoms with van der Waals surface area (Å²) < 4.78 is 16.1. The number of benzene rings is 2. The Kier molecular flexibility index (Phi) is 5.06. The van der Waals surface area contributed by atoms with E-state index in [1.54, 1.807) is 4.90 Å². The maximum absolute atomic E-state index is 12.5. The predicted octanol–water partition coefficient (Wildman–Crippen LogP) is 2.48. The normalized spacial score (nSPS) is 17.7. The van der Waals surface area contributed by atoms with Crippen molar-refractivity contribution in [3.05, 3.63) is 48.0 Å². The van der Waals surface area contributed by atoms with E-state index in [1.807, 2.05) is 49.4 Å². The SMILES string of the molecule is CCOc1ccc(N2C[C@H](C(=O)NCc3ccc4c(c3)OCO4)CC2=O)cc1. The minimum atomic E-state index is -0.368. The van der Waals surface area contributed by atoms with Gasteiger partial charge in [-0.25, -0.2) is 0 Å². The molecule has 2 aromatic carbocycles. The van der Waals surface area contributed by atoms with Crippen molar-refractivity contribution in [3.8, 4) is 17.2 Å². The minimum absolute atomic E-state index is 0.0487. The molecular weight excluding hydrogens is 360 g/mol. The summed E-state index contributed by atoms with van der Waals surface area (Å²) in [5, 5.41) is 2.92. The van der Waals surface area contributed by atoms with Crippen LogP contribution in [0.1, 0.15) is 18.9 Å². The second-order valence-electron chi connectivity index (χ2n) is 6.74. The number of hydrogen-bond acceptors (Lipinski definition) is 5. The molecule has 1 saturated heterocycles. The molecule has 2 aromatic rings. The third kappa shape index (κ3) is 3.74. The van der Waals surface area contributed by atoms with E-state index >= 15 is 0 Å². The number of carbonyl (C=O) groups excluding carboxylic acids is 2. The highest BCUT2D eigenvalue weighted by molar-refractivity contribution is 6.00. The average molecular weight is 382 g/mol. The topological polar surface area (TPSA) is 77.1 Å². The molecule has 2 aliphatic rings. The van der Waals surface area contributed by atoms with Gasteiger partial charge in [-0.2, -0.15) is 0 Å². The molecule has 2 amide bonds. The Hall–Kier alpha value is -3.22. The smallest absolute Gasteiger partial charge is 0.231 e. The van der Waals surface area contributed by atoms with Crippen LogP contribution in [0.3, 0.4) is 0 Å². The van der Waals surface area contributed by atoms with Crippen molar-refractivity contribution in [2.75, 3.05) is 24.8 Å². The molecule has 7 nitrogen and oxygen atoms in total. The van der Waals surface area contributed by atoms with Gasteiger partial charge in [0.2, 0.25) is 18.6 Å². The van der Waals surface area contributed by atoms with E-state index in [0.29, 0.717) is 31.2 Å². The van der Waals surface area contributed by atoms with E-state index in [-0.39, 0.29) is 30.9 Å². The van der Waals surface area contributed by atoms with E-state index in [4.69, 9.17) is 14.2 Å². The number of ether oxygens (including phenoxy) is 3. The van der Waals surface area contributed by atoms with Crippen LogP contribution in [0, 0.1) is 5.92 Å². The quantitative estimate of drug-likeness (QED) is 0.831. The maximum Gasteiger partial charge on any atom is 0.231 e. The van der Waals surface area contributed by atoms with E-state index in [1.165, 1.54) is 0 Å².